The van der Waals surface area contributed by atoms with Crippen molar-refractivity contribution >= 4 is 17.6 Å². The lowest BCUT2D eigenvalue weighted by molar-refractivity contribution is -0.146. The van der Waals surface area contributed by atoms with E-state index in [9.17, 15) is 14.7 Å². The highest BCUT2D eigenvalue weighted by molar-refractivity contribution is 6.04. The maximum atomic E-state index is 12.4. The summed E-state index contributed by atoms with van der Waals surface area (Å²) in [6.45, 7) is 7.73. The fourth-order valence-corrected chi connectivity index (χ4v) is 1.98. The number of carboxylic acids is 1. The maximum absolute atomic E-state index is 12.4. The predicted molar refractivity (Wildman–Crippen MR) is 93.9 cm³/mol. The van der Waals surface area contributed by atoms with Gasteiger partial charge in [0.2, 0.25) is 0 Å². The Kier molecular flexibility index (Phi) is 5.46. The number of nitrogens with one attached hydrogen (secondary N) is 1. The summed E-state index contributed by atoms with van der Waals surface area (Å²) in [5.41, 5.74) is -0.326. The van der Waals surface area contributed by atoms with E-state index in [1.54, 1.807) is 24.3 Å². The summed E-state index contributed by atoms with van der Waals surface area (Å²) < 4.78 is 6.92. The number of hydrogen-bond acceptors (Lipinski definition) is 4. The zero-order valence-corrected chi connectivity index (χ0v) is 14.8. The molecule has 0 aliphatic heterocycles. The molecule has 0 saturated carbocycles. The van der Waals surface area contributed by atoms with Crippen molar-refractivity contribution in [2.75, 3.05) is 11.9 Å². The minimum absolute atomic E-state index is 0.317. The van der Waals surface area contributed by atoms with Crippen molar-refractivity contribution < 1.29 is 19.4 Å². The average molecular weight is 345 g/mol. The van der Waals surface area contributed by atoms with Crippen molar-refractivity contribution in [1.29, 1.82) is 0 Å². The monoisotopic (exact) mass is 345 g/mol. The predicted octanol–water partition coefficient (Wildman–Crippen LogP) is 2.99. The van der Waals surface area contributed by atoms with Gasteiger partial charge in [0.15, 0.2) is 5.54 Å². The molecule has 0 saturated heterocycles. The number of benzene rings is 1. The standard InChI is InChI=1S/C18H23N3O4/c1-12(2)11-25-15-7-5-6-13(8-15)16(22)20-14-9-19-21(10-14)18(3,4)17(23)24/h5-10,12H,11H2,1-4H3,(H,20,22)(H,23,24). The molecule has 25 heavy (non-hydrogen) atoms. The molecule has 1 amide bonds. The molecule has 2 N–H and O–H groups in total. The Balaban J connectivity index is 2.09. The third-order valence-electron chi connectivity index (χ3n) is 3.62. The Hall–Kier alpha value is -2.83. The smallest absolute Gasteiger partial charge is 0.331 e. The number of hydrogen-bond donors (Lipinski definition) is 2. The Bertz CT molecular complexity index is 765. The van der Waals surface area contributed by atoms with Crippen LogP contribution in [0.5, 0.6) is 5.75 Å². The lowest BCUT2D eigenvalue weighted by atomic mass is 10.1. The number of aromatic nitrogens is 2. The van der Waals surface area contributed by atoms with E-state index in [0.29, 0.717) is 29.5 Å². The number of carboxylic acid groups (broad SMARTS) is 1. The Labute approximate surface area is 146 Å². The van der Waals surface area contributed by atoms with E-state index < -0.39 is 11.5 Å². The minimum Gasteiger partial charge on any atom is -0.493 e. The molecular weight excluding hydrogens is 322 g/mol. The molecule has 1 aromatic heterocycles. The number of amides is 1. The second-order valence-electron chi connectivity index (χ2n) is 6.72. The molecule has 0 fully saturated rings. The quantitative estimate of drug-likeness (QED) is 0.804. The fourth-order valence-electron chi connectivity index (χ4n) is 1.98. The largest absolute Gasteiger partial charge is 0.493 e. The fraction of sp³-hybridized carbons (Fsp3) is 0.389. The first-order valence-electron chi connectivity index (χ1n) is 8.03. The lowest BCUT2D eigenvalue weighted by Gasteiger charge is -2.19. The highest BCUT2D eigenvalue weighted by Crippen LogP contribution is 2.19. The van der Waals surface area contributed by atoms with E-state index in [0.717, 1.165) is 0 Å². The third kappa shape index (κ3) is 4.59. The van der Waals surface area contributed by atoms with Crippen LogP contribution in [0.3, 0.4) is 0 Å². The molecule has 1 aromatic carbocycles. The van der Waals surface area contributed by atoms with Crippen molar-refractivity contribution in [1.82, 2.24) is 9.78 Å². The van der Waals surface area contributed by atoms with Crippen LogP contribution in [0.1, 0.15) is 38.1 Å². The summed E-state index contributed by atoms with van der Waals surface area (Å²) in [5.74, 6) is -0.309. The Morgan fingerprint density at radius 3 is 2.72 bits per heavy atom. The van der Waals surface area contributed by atoms with Gasteiger partial charge < -0.3 is 15.2 Å². The summed E-state index contributed by atoms with van der Waals surface area (Å²) in [5, 5.41) is 16.0. The van der Waals surface area contributed by atoms with Crippen LogP contribution in [0.2, 0.25) is 0 Å². The number of rotatable bonds is 7. The van der Waals surface area contributed by atoms with Gasteiger partial charge in [-0.1, -0.05) is 19.9 Å². The van der Waals surface area contributed by atoms with Gasteiger partial charge in [0.1, 0.15) is 5.75 Å². The van der Waals surface area contributed by atoms with Crippen LogP contribution in [-0.4, -0.2) is 33.4 Å². The number of carbonyl (C=O) groups is 2. The van der Waals surface area contributed by atoms with Gasteiger partial charge in [0, 0.05) is 11.8 Å². The molecule has 134 valence electrons. The molecular formula is C18H23N3O4. The van der Waals surface area contributed by atoms with Gasteiger partial charge in [-0.05, 0) is 38.0 Å². The van der Waals surface area contributed by atoms with E-state index in [4.69, 9.17) is 4.74 Å². The number of nitrogens with zero attached hydrogens (tertiary/aromatic N) is 2. The molecule has 2 rings (SSSR count). The zero-order chi connectivity index (χ0) is 18.6. The van der Waals surface area contributed by atoms with E-state index in [2.05, 4.69) is 10.4 Å². The topological polar surface area (TPSA) is 93.5 Å². The van der Waals surface area contributed by atoms with Crippen LogP contribution >= 0.6 is 0 Å². The first-order chi connectivity index (χ1) is 11.7. The second-order valence-corrected chi connectivity index (χ2v) is 6.72. The number of anilines is 1. The maximum Gasteiger partial charge on any atom is 0.331 e. The number of carbonyl (C=O) groups excluding carboxylic acids is 1. The molecule has 0 radical (unpaired) electrons. The number of aliphatic carboxylic acids is 1. The normalized spacial score (nSPS) is 11.4. The molecule has 2 aromatic rings. The molecule has 0 unspecified atom stereocenters. The molecule has 0 atom stereocenters. The molecule has 0 aliphatic rings. The van der Waals surface area contributed by atoms with Crippen molar-refractivity contribution in [2.45, 2.75) is 33.2 Å². The third-order valence-corrected chi connectivity index (χ3v) is 3.62. The molecule has 0 spiro atoms. The first-order valence-corrected chi connectivity index (χ1v) is 8.03. The van der Waals surface area contributed by atoms with Gasteiger partial charge in [-0.2, -0.15) is 5.10 Å². The van der Waals surface area contributed by atoms with Crippen LogP contribution < -0.4 is 10.1 Å². The first kappa shape index (κ1) is 18.5. The zero-order valence-electron chi connectivity index (χ0n) is 14.8. The van der Waals surface area contributed by atoms with E-state index in [1.165, 1.54) is 30.9 Å². The van der Waals surface area contributed by atoms with Gasteiger partial charge >= 0.3 is 5.97 Å². The summed E-state index contributed by atoms with van der Waals surface area (Å²) in [6, 6.07) is 6.90. The van der Waals surface area contributed by atoms with Gasteiger partial charge in [0.05, 0.1) is 18.5 Å². The van der Waals surface area contributed by atoms with Crippen LogP contribution in [-0.2, 0) is 10.3 Å². The van der Waals surface area contributed by atoms with Crippen molar-refractivity contribution in [3.05, 3.63) is 42.2 Å². The lowest BCUT2D eigenvalue weighted by Crippen LogP contribution is -2.35. The Morgan fingerprint density at radius 2 is 2.08 bits per heavy atom. The molecule has 1 heterocycles. The molecule has 0 bridgehead atoms. The summed E-state index contributed by atoms with van der Waals surface area (Å²) in [6.07, 6.45) is 2.91. The SMILES string of the molecule is CC(C)COc1cccc(C(=O)Nc2cnn(C(C)(C)C(=O)O)c2)c1. The molecule has 0 aliphatic carbocycles. The highest BCUT2D eigenvalue weighted by Gasteiger charge is 2.30. The average Bonchev–Trinajstić information content (AvgIpc) is 3.02. The van der Waals surface area contributed by atoms with Gasteiger partial charge in [-0.25, -0.2) is 4.79 Å². The highest BCUT2D eigenvalue weighted by atomic mass is 16.5. The van der Waals surface area contributed by atoms with Crippen molar-refractivity contribution in [3.63, 3.8) is 0 Å². The van der Waals surface area contributed by atoms with E-state index in [-0.39, 0.29) is 5.91 Å². The van der Waals surface area contributed by atoms with Gasteiger partial charge in [0.25, 0.3) is 5.91 Å². The number of ether oxygens (including phenoxy) is 1. The Morgan fingerprint density at radius 1 is 1.36 bits per heavy atom. The van der Waals surface area contributed by atoms with Crippen LogP contribution in [0.4, 0.5) is 5.69 Å². The minimum atomic E-state index is -1.20. The molecule has 7 nitrogen and oxygen atoms in total. The summed E-state index contributed by atoms with van der Waals surface area (Å²) >= 11 is 0. The van der Waals surface area contributed by atoms with Crippen molar-refractivity contribution in [3.8, 4) is 5.75 Å². The second kappa shape index (κ2) is 7.38. The van der Waals surface area contributed by atoms with Crippen molar-refractivity contribution in [2.24, 2.45) is 5.92 Å². The van der Waals surface area contributed by atoms with Crippen LogP contribution in [0.15, 0.2) is 36.7 Å². The van der Waals surface area contributed by atoms with Crippen LogP contribution in [0.25, 0.3) is 0 Å². The van der Waals surface area contributed by atoms with E-state index in [1.807, 2.05) is 13.8 Å². The van der Waals surface area contributed by atoms with Gasteiger partial charge in [-0.15, -0.1) is 0 Å². The van der Waals surface area contributed by atoms with Crippen LogP contribution in [0, 0.1) is 5.92 Å². The molecule has 7 heteroatoms. The van der Waals surface area contributed by atoms with E-state index >= 15 is 0 Å². The summed E-state index contributed by atoms with van der Waals surface area (Å²) in [7, 11) is 0. The van der Waals surface area contributed by atoms with Gasteiger partial charge in [-0.3, -0.25) is 9.48 Å². The summed E-state index contributed by atoms with van der Waals surface area (Å²) in [4.78, 5) is 23.6.